The van der Waals surface area contributed by atoms with Crippen molar-refractivity contribution >= 4 is 5.91 Å². The third kappa shape index (κ3) is 3.42. The van der Waals surface area contributed by atoms with Crippen LogP contribution in [0.4, 0.5) is 4.39 Å². The highest BCUT2D eigenvalue weighted by atomic mass is 19.1. The number of ether oxygens (including phenoxy) is 1. The second-order valence-corrected chi connectivity index (χ2v) is 3.56. The molecule has 17 heavy (non-hydrogen) atoms. The minimum atomic E-state index is -0.724. The fraction of sp³-hybridized carbons (Fsp3) is 0.417. The molecule has 1 aromatic carbocycles. The molecule has 0 spiro atoms. The van der Waals surface area contributed by atoms with Gasteiger partial charge in [-0.3, -0.25) is 4.79 Å². The standard InChI is InChI=1S/C12H16FNO3/c1-3-17-8-7-14(2)12(16)11-9(13)5-4-6-10(11)15/h4-6,15H,3,7-8H2,1-2H3. The summed E-state index contributed by atoms with van der Waals surface area (Å²) in [6.07, 6.45) is 0. The smallest absolute Gasteiger partial charge is 0.260 e. The van der Waals surface area contributed by atoms with E-state index >= 15 is 0 Å². The first-order chi connectivity index (χ1) is 8.07. The van der Waals surface area contributed by atoms with Gasteiger partial charge in [-0.1, -0.05) is 6.07 Å². The van der Waals surface area contributed by atoms with E-state index in [0.717, 1.165) is 6.07 Å². The molecular formula is C12H16FNO3. The summed E-state index contributed by atoms with van der Waals surface area (Å²) in [4.78, 5) is 13.2. The Bertz CT molecular complexity index is 375. The van der Waals surface area contributed by atoms with Crippen LogP contribution in [0.3, 0.4) is 0 Å². The Labute approximate surface area is 99.6 Å². The van der Waals surface area contributed by atoms with Crippen molar-refractivity contribution in [3.05, 3.63) is 29.6 Å². The first kappa shape index (κ1) is 13.4. The number of hydrogen-bond donors (Lipinski definition) is 1. The van der Waals surface area contributed by atoms with Crippen molar-refractivity contribution in [3.8, 4) is 5.75 Å². The van der Waals surface area contributed by atoms with E-state index in [4.69, 9.17) is 4.74 Å². The zero-order valence-electron chi connectivity index (χ0n) is 9.94. The Balaban J connectivity index is 2.75. The molecule has 1 rings (SSSR count). The average molecular weight is 241 g/mol. The molecular weight excluding hydrogens is 225 g/mol. The van der Waals surface area contributed by atoms with Gasteiger partial charge in [0.15, 0.2) is 0 Å². The molecule has 0 heterocycles. The molecule has 0 aromatic heterocycles. The summed E-state index contributed by atoms with van der Waals surface area (Å²) in [5, 5.41) is 9.46. The second kappa shape index (κ2) is 6.20. The molecule has 0 atom stereocenters. The van der Waals surface area contributed by atoms with Gasteiger partial charge in [0.1, 0.15) is 17.1 Å². The summed E-state index contributed by atoms with van der Waals surface area (Å²) >= 11 is 0. The molecule has 0 fully saturated rings. The number of rotatable bonds is 5. The Hall–Kier alpha value is -1.62. The van der Waals surface area contributed by atoms with Gasteiger partial charge in [0.25, 0.3) is 5.91 Å². The Kier molecular flexibility index (Phi) is 4.90. The summed E-state index contributed by atoms with van der Waals surface area (Å²) in [6.45, 7) is 3.14. The largest absolute Gasteiger partial charge is 0.507 e. The van der Waals surface area contributed by atoms with Gasteiger partial charge in [0, 0.05) is 20.2 Å². The third-order valence-corrected chi connectivity index (χ3v) is 2.33. The number of phenols is 1. The highest BCUT2D eigenvalue weighted by Gasteiger charge is 2.19. The van der Waals surface area contributed by atoms with Crippen LogP contribution in [0.5, 0.6) is 5.75 Å². The first-order valence-electron chi connectivity index (χ1n) is 5.38. The number of phenolic OH excluding ortho intramolecular Hbond substituents is 1. The van der Waals surface area contributed by atoms with Crippen molar-refractivity contribution in [2.45, 2.75) is 6.92 Å². The van der Waals surface area contributed by atoms with E-state index < -0.39 is 11.7 Å². The molecule has 0 aliphatic rings. The number of likely N-dealkylation sites (N-methyl/N-ethyl adjacent to an activating group) is 1. The number of benzene rings is 1. The minimum Gasteiger partial charge on any atom is -0.507 e. The number of nitrogens with zero attached hydrogens (tertiary/aromatic N) is 1. The molecule has 0 radical (unpaired) electrons. The van der Waals surface area contributed by atoms with Gasteiger partial charge < -0.3 is 14.7 Å². The number of aromatic hydroxyl groups is 1. The topological polar surface area (TPSA) is 49.8 Å². The molecule has 0 saturated heterocycles. The van der Waals surface area contributed by atoms with Gasteiger partial charge in [-0.15, -0.1) is 0 Å². The Morgan fingerprint density at radius 1 is 1.53 bits per heavy atom. The van der Waals surface area contributed by atoms with E-state index in [9.17, 15) is 14.3 Å². The van der Waals surface area contributed by atoms with Crippen molar-refractivity contribution in [2.24, 2.45) is 0 Å². The predicted molar refractivity (Wildman–Crippen MR) is 61.5 cm³/mol. The van der Waals surface area contributed by atoms with Crippen LogP contribution < -0.4 is 0 Å². The van der Waals surface area contributed by atoms with E-state index in [1.54, 1.807) is 0 Å². The maximum atomic E-state index is 13.4. The van der Waals surface area contributed by atoms with Gasteiger partial charge in [-0.25, -0.2) is 4.39 Å². The van der Waals surface area contributed by atoms with Crippen LogP contribution in [-0.4, -0.2) is 42.7 Å². The molecule has 0 unspecified atom stereocenters. The number of carbonyl (C=O) groups is 1. The van der Waals surface area contributed by atoms with E-state index in [-0.39, 0.29) is 11.3 Å². The molecule has 0 aliphatic carbocycles. The second-order valence-electron chi connectivity index (χ2n) is 3.56. The van der Waals surface area contributed by atoms with Gasteiger partial charge >= 0.3 is 0 Å². The number of halogens is 1. The van der Waals surface area contributed by atoms with Crippen molar-refractivity contribution < 1.29 is 19.0 Å². The Morgan fingerprint density at radius 2 is 2.24 bits per heavy atom. The lowest BCUT2D eigenvalue weighted by Crippen LogP contribution is -2.30. The summed E-state index contributed by atoms with van der Waals surface area (Å²) in [5.41, 5.74) is -0.300. The molecule has 94 valence electrons. The fourth-order valence-corrected chi connectivity index (χ4v) is 1.36. The number of amides is 1. The number of carbonyl (C=O) groups excluding carboxylic acids is 1. The van der Waals surface area contributed by atoms with Crippen LogP contribution in [0.2, 0.25) is 0 Å². The van der Waals surface area contributed by atoms with Crippen LogP contribution in [0.25, 0.3) is 0 Å². The maximum absolute atomic E-state index is 13.4. The first-order valence-corrected chi connectivity index (χ1v) is 5.38. The summed E-state index contributed by atoms with van der Waals surface area (Å²) < 4.78 is 18.5. The lowest BCUT2D eigenvalue weighted by atomic mass is 10.1. The minimum absolute atomic E-state index is 0.300. The van der Waals surface area contributed by atoms with Crippen LogP contribution >= 0.6 is 0 Å². The summed E-state index contributed by atoms with van der Waals surface area (Å²) in [7, 11) is 1.53. The third-order valence-electron chi connectivity index (χ3n) is 2.33. The molecule has 1 aromatic rings. The zero-order valence-corrected chi connectivity index (χ0v) is 9.94. The average Bonchev–Trinajstić information content (AvgIpc) is 2.28. The molecule has 0 saturated carbocycles. The van der Waals surface area contributed by atoms with Crippen molar-refractivity contribution in [2.75, 3.05) is 26.8 Å². The Morgan fingerprint density at radius 3 is 2.82 bits per heavy atom. The van der Waals surface area contributed by atoms with Gasteiger partial charge in [-0.2, -0.15) is 0 Å². The van der Waals surface area contributed by atoms with Crippen molar-refractivity contribution in [3.63, 3.8) is 0 Å². The highest BCUT2D eigenvalue weighted by molar-refractivity contribution is 5.96. The van der Waals surface area contributed by atoms with Crippen LogP contribution in [0.15, 0.2) is 18.2 Å². The summed E-state index contributed by atoms with van der Waals surface area (Å²) in [5.74, 6) is -1.63. The molecule has 0 bridgehead atoms. The van der Waals surface area contributed by atoms with Crippen molar-refractivity contribution in [1.29, 1.82) is 0 Å². The molecule has 1 N–H and O–H groups in total. The summed E-state index contributed by atoms with van der Waals surface area (Å²) in [6, 6.07) is 3.78. The van der Waals surface area contributed by atoms with Gasteiger partial charge in [0.05, 0.1) is 6.61 Å². The molecule has 5 heteroatoms. The van der Waals surface area contributed by atoms with Crippen LogP contribution in [-0.2, 0) is 4.74 Å². The normalized spacial score (nSPS) is 10.3. The van der Waals surface area contributed by atoms with Crippen LogP contribution in [0.1, 0.15) is 17.3 Å². The highest BCUT2D eigenvalue weighted by Crippen LogP contribution is 2.21. The van der Waals surface area contributed by atoms with Gasteiger partial charge in [-0.05, 0) is 19.1 Å². The van der Waals surface area contributed by atoms with E-state index in [0.29, 0.717) is 19.8 Å². The SMILES string of the molecule is CCOCCN(C)C(=O)c1c(O)cccc1F. The van der Waals surface area contributed by atoms with Gasteiger partial charge in [0.2, 0.25) is 0 Å². The number of hydrogen-bond acceptors (Lipinski definition) is 3. The van der Waals surface area contributed by atoms with E-state index in [1.807, 2.05) is 6.92 Å². The maximum Gasteiger partial charge on any atom is 0.260 e. The van der Waals surface area contributed by atoms with E-state index in [1.165, 1.54) is 24.1 Å². The lowest BCUT2D eigenvalue weighted by molar-refractivity contribution is 0.0702. The lowest BCUT2D eigenvalue weighted by Gasteiger charge is -2.17. The van der Waals surface area contributed by atoms with Crippen LogP contribution in [0, 0.1) is 5.82 Å². The monoisotopic (exact) mass is 241 g/mol. The predicted octanol–water partition coefficient (Wildman–Crippen LogP) is 1.64. The van der Waals surface area contributed by atoms with Crippen molar-refractivity contribution in [1.82, 2.24) is 4.90 Å². The fourth-order valence-electron chi connectivity index (χ4n) is 1.36. The molecule has 0 aliphatic heterocycles. The molecule has 1 amide bonds. The zero-order chi connectivity index (χ0) is 12.8. The quantitative estimate of drug-likeness (QED) is 0.797. The molecule has 4 nitrogen and oxygen atoms in total. The van der Waals surface area contributed by atoms with E-state index in [2.05, 4.69) is 0 Å².